The van der Waals surface area contributed by atoms with E-state index in [9.17, 15) is 0 Å². The number of nitrogens with zero attached hydrogens (tertiary/aromatic N) is 4. The number of hydrogen-bond donors (Lipinski definition) is 0. The van der Waals surface area contributed by atoms with Gasteiger partial charge >= 0.3 is 0 Å². The zero-order valence-electron chi connectivity index (χ0n) is 6.50. The fraction of sp³-hybridized carbons (Fsp3) is 0.833. The summed E-state index contributed by atoms with van der Waals surface area (Å²) in [5, 5.41) is 12.7. The molecule has 0 spiro atoms. The van der Waals surface area contributed by atoms with Crippen molar-refractivity contribution in [3.63, 3.8) is 0 Å². The topological polar surface area (TPSA) is 43.6 Å². The number of halogens is 1. The normalized spacial score (nSPS) is 10.4. The van der Waals surface area contributed by atoms with E-state index < -0.39 is 0 Å². The highest BCUT2D eigenvalue weighted by Crippen LogP contribution is 1.99. The second-order valence-electron chi connectivity index (χ2n) is 2.34. The summed E-state index contributed by atoms with van der Waals surface area (Å²) in [4.78, 5) is 1.49. The van der Waals surface area contributed by atoms with Crippen molar-refractivity contribution in [1.29, 1.82) is 0 Å². The molecule has 0 radical (unpaired) electrons. The van der Waals surface area contributed by atoms with Crippen molar-refractivity contribution in [2.75, 3.05) is 5.33 Å². The number of aromatic nitrogens is 4. The van der Waals surface area contributed by atoms with E-state index in [4.69, 9.17) is 0 Å². The molecule has 11 heavy (non-hydrogen) atoms. The third kappa shape index (κ3) is 2.96. The predicted octanol–water partition coefficient (Wildman–Crippen LogP) is 0.928. The number of unbranched alkanes of at least 4 members (excludes halogenated alkanes) is 1. The van der Waals surface area contributed by atoms with Crippen LogP contribution in [0.3, 0.4) is 0 Å². The molecule has 0 aliphatic rings. The maximum absolute atomic E-state index is 4.06. The molecule has 0 aliphatic heterocycles. The second-order valence-corrected chi connectivity index (χ2v) is 3.13. The summed E-state index contributed by atoms with van der Waals surface area (Å²) in [6.07, 6.45) is 3.22. The van der Waals surface area contributed by atoms with Crippen molar-refractivity contribution in [2.24, 2.45) is 7.05 Å². The molecule has 0 fully saturated rings. The molecule has 1 aromatic heterocycles. The highest BCUT2D eigenvalue weighted by atomic mass is 79.9. The minimum atomic E-state index is 0.841. The highest BCUT2D eigenvalue weighted by molar-refractivity contribution is 9.09. The van der Waals surface area contributed by atoms with Crippen LogP contribution in [-0.2, 0) is 13.5 Å². The van der Waals surface area contributed by atoms with Gasteiger partial charge in [-0.25, -0.2) is 0 Å². The lowest BCUT2D eigenvalue weighted by Gasteiger charge is -1.90. The van der Waals surface area contributed by atoms with Crippen LogP contribution in [-0.4, -0.2) is 25.5 Å². The quantitative estimate of drug-likeness (QED) is 0.558. The van der Waals surface area contributed by atoms with Crippen molar-refractivity contribution >= 4 is 15.9 Å². The molecule has 1 rings (SSSR count). The largest absolute Gasteiger partial charge is 0.174 e. The van der Waals surface area contributed by atoms with Gasteiger partial charge in [0.05, 0.1) is 7.05 Å². The van der Waals surface area contributed by atoms with E-state index in [1.54, 1.807) is 7.05 Å². The molecular weight excluding hydrogens is 208 g/mol. The number of tetrazole rings is 1. The van der Waals surface area contributed by atoms with Gasteiger partial charge in [-0.3, -0.25) is 0 Å². The number of alkyl halides is 1. The molecule has 0 aromatic carbocycles. The summed E-state index contributed by atoms with van der Waals surface area (Å²) in [7, 11) is 1.78. The highest BCUT2D eigenvalue weighted by Gasteiger charge is 1.98. The van der Waals surface area contributed by atoms with E-state index in [1.165, 1.54) is 4.80 Å². The van der Waals surface area contributed by atoms with Crippen LogP contribution in [0.25, 0.3) is 0 Å². The van der Waals surface area contributed by atoms with Gasteiger partial charge < -0.3 is 0 Å². The molecule has 62 valence electrons. The Bertz CT molecular complexity index is 210. The Morgan fingerprint density at radius 3 is 2.82 bits per heavy atom. The van der Waals surface area contributed by atoms with Gasteiger partial charge in [-0.05, 0) is 18.1 Å². The minimum absolute atomic E-state index is 0.841. The van der Waals surface area contributed by atoms with Gasteiger partial charge in [0.25, 0.3) is 0 Å². The molecule has 0 bridgehead atoms. The first-order chi connectivity index (χ1) is 5.33. The Labute approximate surface area is 74.1 Å². The maximum atomic E-state index is 4.06. The second kappa shape index (κ2) is 4.43. The number of hydrogen-bond acceptors (Lipinski definition) is 3. The molecule has 5 heteroatoms. The Hall–Kier alpha value is -0.450. The average Bonchev–Trinajstić information content (AvgIpc) is 2.37. The van der Waals surface area contributed by atoms with Gasteiger partial charge in [-0.15, -0.1) is 10.2 Å². The Kier molecular flexibility index (Phi) is 3.48. The van der Waals surface area contributed by atoms with E-state index in [0.717, 1.165) is 30.4 Å². The van der Waals surface area contributed by atoms with Gasteiger partial charge in [-0.2, -0.15) is 4.80 Å². The molecule has 0 saturated heterocycles. The summed E-state index contributed by atoms with van der Waals surface area (Å²) in [5.41, 5.74) is 0. The standard InChI is InChI=1S/C6H11BrN4/c1-11-9-6(8-10-11)4-2-3-5-7/h2-5H2,1H3. The molecule has 1 aromatic rings. The van der Waals surface area contributed by atoms with Gasteiger partial charge in [0, 0.05) is 11.8 Å². The monoisotopic (exact) mass is 218 g/mol. The van der Waals surface area contributed by atoms with E-state index in [2.05, 4.69) is 31.3 Å². The molecule has 0 atom stereocenters. The van der Waals surface area contributed by atoms with Gasteiger partial charge in [0.15, 0.2) is 5.82 Å². The first kappa shape index (κ1) is 8.64. The molecule has 4 nitrogen and oxygen atoms in total. The van der Waals surface area contributed by atoms with Crippen LogP contribution in [0.2, 0.25) is 0 Å². The summed E-state index contributed by atoms with van der Waals surface area (Å²) in [6, 6.07) is 0. The van der Waals surface area contributed by atoms with Crippen LogP contribution in [0, 0.1) is 0 Å². The Morgan fingerprint density at radius 2 is 2.27 bits per heavy atom. The van der Waals surface area contributed by atoms with E-state index in [-0.39, 0.29) is 0 Å². The smallest absolute Gasteiger partial charge is 0.167 e. The van der Waals surface area contributed by atoms with Crippen molar-refractivity contribution in [3.8, 4) is 0 Å². The number of rotatable bonds is 4. The SMILES string of the molecule is Cn1nnc(CCCCBr)n1. The average molecular weight is 219 g/mol. The first-order valence-electron chi connectivity index (χ1n) is 3.62. The fourth-order valence-corrected chi connectivity index (χ4v) is 1.20. The van der Waals surface area contributed by atoms with Crippen LogP contribution >= 0.6 is 15.9 Å². The van der Waals surface area contributed by atoms with Crippen LogP contribution in [0.5, 0.6) is 0 Å². The molecular formula is C6H11BrN4. The third-order valence-corrected chi connectivity index (χ3v) is 1.89. The number of aryl methyl sites for hydroxylation is 2. The lowest BCUT2D eigenvalue weighted by atomic mass is 10.2. The molecule has 0 aliphatic carbocycles. The van der Waals surface area contributed by atoms with Crippen molar-refractivity contribution < 1.29 is 0 Å². The lowest BCUT2D eigenvalue weighted by Crippen LogP contribution is -1.93. The fourth-order valence-electron chi connectivity index (χ4n) is 0.801. The van der Waals surface area contributed by atoms with Crippen LogP contribution < -0.4 is 0 Å². The lowest BCUT2D eigenvalue weighted by molar-refractivity contribution is 0.626. The molecule has 1 heterocycles. The molecule has 0 unspecified atom stereocenters. The summed E-state index contributed by atoms with van der Waals surface area (Å²) in [6.45, 7) is 0. The zero-order valence-corrected chi connectivity index (χ0v) is 8.08. The molecule has 0 amide bonds. The predicted molar refractivity (Wildman–Crippen MR) is 45.5 cm³/mol. The van der Waals surface area contributed by atoms with Crippen LogP contribution in [0.15, 0.2) is 0 Å². The molecule has 0 saturated carbocycles. The van der Waals surface area contributed by atoms with Gasteiger partial charge in [0.2, 0.25) is 0 Å². The maximum Gasteiger partial charge on any atom is 0.174 e. The van der Waals surface area contributed by atoms with Crippen molar-refractivity contribution in [3.05, 3.63) is 5.82 Å². The van der Waals surface area contributed by atoms with E-state index in [0.29, 0.717) is 0 Å². The van der Waals surface area contributed by atoms with Crippen LogP contribution in [0.4, 0.5) is 0 Å². The van der Waals surface area contributed by atoms with Crippen molar-refractivity contribution in [2.45, 2.75) is 19.3 Å². The third-order valence-electron chi connectivity index (χ3n) is 1.33. The van der Waals surface area contributed by atoms with E-state index >= 15 is 0 Å². The van der Waals surface area contributed by atoms with Crippen LogP contribution in [0.1, 0.15) is 18.7 Å². The first-order valence-corrected chi connectivity index (χ1v) is 4.74. The Balaban J connectivity index is 2.27. The summed E-state index contributed by atoms with van der Waals surface area (Å²) in [5.74, 6) is 0.841. The van der Waals surface area contributed by atoms with Gasteiger partial charge in [0.1, 0.15) is 0 Å². The Morgan fingerprint density at radius 1 is 1.45 bits per heavy atom. The van der Waals surface area contributed by atoms with Gasteiger partial charge in [-0.1, -0.05) is 15.9 Å². The summed E-state index contributed by atoms with van der Waals surface area (Å²) < 4.78 is 0. The van der Waals surface area contributed by atoms with E-state index in [1.807, 2.05) is 0 Å². The summed E-state index contributed by atoms with van der Waals surface area (Å²) >= 11 is 3.37. The minimum Gasteiger partial charge on any atom is -0.167 e. The molecule has 0 N–H and O–H groups in total. The van der Waals surface area contributed by atoms with Crippen molar-refractivity contribution in [1.82, 2.24) is 20.2 Å². The zero-order chi connectivity index (χ0) is 8.10.